The van der Waals surface area contributed by atoms with Crippen molar-refractivity contribution in [1.29, 1.82) is 0 Å². The molecule has 0 radical (unpaired) electrons. The topological polar surface area (TPSA) is 0 Å². The maximum atomic E-state index is 2.39. The highest BCUT2D eigenvalue weighted by atomic mass is 31.1. The standard InChI is InChI=1S/C21H41P/c1-2-3-15-20-16-13-9-6-10-14-19-22(20)21-17-11-7-4-5-8-12-18-21/h20-21H,2-19H2,1H3. The Morgan fingerprint density at radius 3 is 1.86 bits per heavy atom. The molecule has 130 valence electrons. The maximum absolute atomic E-state index is 2.39. The molecular formula is C21H41P. The molecule has 2 rings (SSSR count). The molecule has 0 spiro atoms. The second-order valence-electron chi connectivity index (χ2n) is 7.94. The monoisotopic (exact) mass is 324 g/mol. The molecule has 0 N–H and O–H groups in total. The van der Waals surface area contributed by atoms with Crippen LogP contribution in [0.25, 0.3) is 0 Å². The van der Waals surface area contributed by atoms with Crippen molar-refractivity contribution < 1.29 is 0 Å². The number of rotatable bonds is 4. The second kappa shape index (κ2) is 11.9. The van der Waals surface area contributed by atoms with E-state index in [1.54, 1.807) is 57.5 Å². The van der Waals surface area contributed by atoms with Crippen molar-refractivity contribution >= 4 is 7.92 Å². The number of hydrogen-bond acceptors (Lipinski definition) is 0. The van der Waals surface area contributed by atoms with E-state index in [1.165, 1.54) is 57.8 Å². The van der Waals surface area contributed by atoms with Crippen LogP contribution >= 0.6 is 7.92 Å². The van der Waals surface area contributed by atoms with Gasteiger partial charge in [0.1, 0.15) is 0 Å². The Hall–Kier alpha value is 0.430. The molecule has 1 saturated carbocycles. The van der Waals surface area contributed by atoms with Crippen molar-refractivity contribution in [2.24, 2.45) is 0 Å². The molecule has 0 aromatic rings. The Labute approximate surface area is 142 Å². The minimum atomic E-state index is 0.334. The molecule has 2 unspecified atom stereocenters. The number of hydrogen-bond donors (Lipinski definition) is 0. The summed E-state index contributed by atoms with van der Waals surface area (Å²) in [5.41, 5.74) is 2.28. The largest absolute Gasteiger partial charge is 0.100 e. The van der Waals surface area contributed by atoms with Gasteiger partial charge in [-0.25, -0.2) is 0 Å². The second-order valence-corrected chi connectivity index (χ2v) is 10.9. The van der Waals surface area contributed by atoms with E-state index in [9.17, 15) is 0 Å². The van der Waals surface area contributed by atoms with Crippen LogP contribution in [0.2, 0.25) is 0 Å². The summed E-state index contributed by atoms with van der Waals surface area (Å²) < 4.78 is 0. The van der Waals surface area contributed by atoms with Crippen LogP contribution < -0.4 is 0 Å². The van der Waals surface area contributed by atoms with Crippen LogP contribution in [0.15, 0.2) is 0 Å². The zero-order valence-corrected chi connectivity index (χ0v) is 16.2. The van der Waals surface area contributed by atoms with Crippen molar-refractivity contribution in [3.63, 3.8) is 0 Å². The highest BCUT2D eigenvalue weighted by Crippen LogP contribution is 2.54. The van der Waals surface area contributed by atoms with Crippen LogP contribution in [0.3, 0.4) is 0 Å². The summed E-state index contributed by atoms with van der Waals surface area (Å²) in [6, 6.07) is 0. The Bertz CT molecular complexity index is 253. The van der Waals surface area contributed by atoms with Gasteiger partial charge in [-0.15, -0.1) is 7.92 Å². The Kier molecular flexibility index (Phi) is 10.1. The summed E-state index contributed by atoms with van der Waals surface area (Å²) in [5, 5.41) is 0. The Morgan fingerprint density at radius 2 is 1.23 bits per heavy atom. The first-order valence-electron chi connectivity index (χ1n) is 10.7. The van der Waals surface area contributed by atoms with Gasteiger partial charge < -0.3 is 0 Å². The van der Waals surface area contributed by atoms with Crippen molar-refractivity contribution in [3.8, 4) is 0 Å². The van der Waals surface area contributed by atoms with E-state index in [-0.39, 0.29) is 0 Å². The predicted octanol–water partition coefficient (Wildman–Crippen LogP) is 7.88. The van der Waals surface area contributed by atoms with E-state index in [0.29, 0.717) is 7.92 Å². The average molecular weight is 325 g/mol. The molecule has 1 heterocycles. The Balaban J connectivity index is 1.99. The van der Waals surface area contributed by atoms with Gasteiger partial charge in [-0.1, -0.05) is 84.0 Å². The van der Waals surface area contributed by atoms with Crippen molar-refractivity contribution in [2.75, 3.05) is 6.16 Å². The molecule has 1 saturated heterocycles. The van der Waals surface area contributed by atoms with E-state index in [0.717, 1.165) is 11.3 Å². The highest BCUT2D eigenvalue weighted by molar-refractivity contribution is 7.59. The molecule has 1 aliphatic carbocycles. The zero-order chi connectivity index (χ0) is 15.5. The first-order valence-corrected chi connectivity index (χ1v) is 12.3. The summed E-state index contributed by atoms with van der Waals surface area (Å²) in [6.45, 7) is 2.39. The lowest BCUT2D eigenvalue weighted by Gasteiger charge is -2.35. The van der Waals surface area contributed by atoms with Crippen LogP contribution in [0.4, 0.5) is 0 Å². The minimum absolute atomic E-state index is 0.334. The average Bonchev–Trinajstić information content (AvgIpc) is 2.74. The van der Waals surface area contributed by atoms with Crippen LogP contribution in [0.5, 0.6) is 0 Å². The molecule has 0 bridgehead atoms. The van der Waals surface area contributed by atoms with Crippen molar-refractivity contribution in [3.05, 3.63) is 0 Å². The lowest BCUT2D eigenvalue weighted by molar-refractivity contribution is 0.570. The van der Waals surface area contributed by atoms with E-state index >= 15 is 0 Å². The van der Waals surface area contributed by atoms with Gasteiger partial charge in [0.05, 0.1) is 0 Å². The molecule has 2 fully saturated rings. The normalized spacial score (nSPS) is 30.4. The van der Waals surface area contributed by atoms with Gasteiger partial charge in [-0.3, -0.25) is 0 Å². The van der Waals surface area contributed by atoms with Crippen LogP contribution in [-0.4, -0.2) is 17.5 Å². The molecule has 0 amide bonds. The number of unbranched alkanes of at least 4 members (excludes halogenated alkanes) is 1. The third-order valence-corrected chi connectivity index (χ3v) is 9.85. The molecule has 22 heavy (non-hydrogen) atoms. The van der Waals surface area contributed by atoms with Gasteiger partial charge in [-0.2, -0.15) is 0 Å². The highest BCUT2D eigenvalue weighted by Gasteiger charge is 2.28. The van der Waals surface area contributed by atoms with Gasteiger partial charge in [0.2, 0.25) is 0 Å². The fourth-order valence-electron chi connectivity index (χ4n) is 4.73. The summed E-state index contributed by atoms with van der Waals surface area (Å²) in [5.74, 6) is 0. The fourth-order valence-corrected chi connectivity index (χ4v) is 8.70. The van der Waals surface area contributed by atoms with E-state index in [2.05, 4.69) is 6.92 Å². The predicted molar refractivity (Wildman–Crippen MR) is 104 cm³/mol. The maximum Gasteiger partial charge on any atom is -0.0207 e. The summed E-state index contributed by atoms with van der Waals surface area (Å²) in [7, 11) is 0.334. The molecule has 0 aromatic carbocycles. The third-order valence-electron chi connectivity index (χ3n) is 6.11. The van der Waals surface area contributed by atoms with Crippen LogP contribution in [0.1, 0.15) is 116 Å². The SMILES string of the molecule is CCCCC1CCCCCCCP1C1CCCCCCCC1. The van der Waals surface area contributed by atoms with Crippen molar-refractivity contribution in [2.45, 2.75) is 127 Å². The summed E-state index contributed by atoms with van der Waals surface area (Å²) in [4.78, 5) is 0. The first-order chi connectivity index (χ1) is 10.9. The van der Waals surface area contributed by atoms with E-state index < -0.39 is 0 Å². The van der Waals surface area contributed by atoms with Crippen LogP contribution in [0, 0.1) is 0 Å². The van der Waals surface area contributed by atoms with Gasteiger partial charge in [0.25, 0.3) is 0 Å². The lowest BCUT2D eigenvalue weighted by Crippen LogP contribution is -2.18. The van der Waals surface area contributed by atoms with Gasteiger partial charge in [0.15, 0.2) is 0 Å². The van der Waals surface area contributed by atoms with E-state index in [1.807, 2.05) is 0 Å². The molecule has 0 nitrogen and oxygen atoms in total. The Morgan fingerprint density at radius 1 is 0.682 bits per heavy atom. The lowest BCUT2D eigenvalue weighted by atomic mass is 10.1. The first kappa shape index (κ1) is 18.8. The fraction of sp³-hybridized carbons (Fsp3) is 1.00. The molecule has 1 heteroatoms. The molecular weight excluding hydrogens is 283 g/mol. The van der Waals surface area contributed by atoms with Gasteiger partial charge >= 0.3 is 0 Å². The zero-order valence-electron chi connectivity index (χ0n) is 15.3. The van der Waals surface area contributed by atoms with E-state index in [4.69, 9.17) is 0 Å². The third kappa shape index (κ3) is 6.90. The quantitative estimate of drug-likeness (QED) is 0.461. The smallest absolute Gasteiger partial charge is 0.0207 e. The summed E-state index contributed by atoms with van der Waals surface area (Å²) in [6.07, 6.45) is 27.7. The van der Waals surface area contributed by atoms with Gasteiger partial charge in [-0.05, 0) is 49.6 Å². The molecule has 0 aromatic heterocycles. The molecule has 2 atom stereocenters. The molecule has 1 aliphatic heterocycles. The van der Waals surface area contributed by atoms with Crippen molar-refractivity contribution in [1.82, 2.24) is 0 Å². The minimum Gasteiger partial charge on any atom is -0.100 e. The van der Waals surface area contributed by atoms with Crippen LogP contribution in [-0.2, 0) is 0 Å². The van der Waals surface area contributed by atoms with Gasteiger partial charge in [0, 0.05) is 0 Å². The summed E-state index contributed by atoms with van der Waals surface area (Å²) >= 11 is 0. The molecule has 2 aliphatic rings.